The van der Waals surface area contributed by atoms with Gasteiger partial charge in [0.25, 0.3) is 0 Å². The van der Waals surface area contributed by atoms with Crippen LogP contribution in [0.5, 0.6) is 0 Å². The fourth-order valence-electron chi connectivity index (χ4n) is 4.32. The van der Waals surface area contributed by atoms with Crippen LogP contribution in [0.15, 0.2) is 10.4 Å². The van der Waals surface area contributed by atoms with Gasteiger partial charge < -0.3 is 9.80 Å². The van der Waals surface area contributed by atoms with E-state index in [9.17, 15) is 9.59 Å². The van der Waals surface area contributed by atoms with Crippen LogP contribution in [0.1, 0.15) is 64.7 Å². The maximum absolute atomic E-state index is 13.2. The lowest BCUT2D eigenvalue weighted by Gasteiger charge is -2.43. The lowest BCUT2D eigenvalue weighted by molar-refractivity contribution is -0.132. The number of aromatic nitrogens is 1. The third kappa shape index (κ3) is 5.41. The predicted molar refractivity (Wildman–Crippen MR) is 116 cm³/mol. The van der Waals surface area contributed by atoms with Gasteiger partial charge in [-0.1, -0.05) is 37.5 Å². The van der Waals surface area contributed by atoms with Gasteiger partial charge in [-0.05, 0) is 38.4 Å². The number of nitrogens with zero attached hydrogens (tertiary/aromatic N) is 3. The average molecular weight is 425 g/mol. The molecule has 0 bridgehead atoms. The van der Waals surface area contributed by atoms with Crippen LogP contribution in [0.25, 0.3) is 0 Å². The zero-order valence-electron chi connectivity index (χ0n) is 17.0. The topological polar surface area (TPSA) is 65.5 Å². The predicted octanol–water partition coefficient (Wildman–Crippen LogP) is 4.82. The molecule has 3 rings (SSSR count). The Morgan fingerprint density at radius 1 is 1.21 bits per heavy atom. The van der Waals surface area contributed by atoms with E-state index in [0.29, 0.717) is 17.6 Å². The zero-order chi connectivity index (χ0) is 19.9. The van der Waals surface area contributed by atoms with Gasteiger partial charge in [0.2, 0.25) is 5.91 Å². The summed E-state index contributed by atoms with van der Waals surface area (Å²) >= 11 is 3.16. The molecule has 0 aromatic carbocycles. The largest absolute Gasteiger partial charge is 0.343 e. The molecule has 2 aliphatic rings. The summed E-state index contributed by atoms with van der Waals surface area (Å²) in [6, 6.07) is 0.484. The highest BCUT2D eigenvalue weighted by atomic mass is 32.2. The Morgan fingerprint density at radius 2 is 1.89 bits per heavy atom. The summed E-state index contributed by atoms with van der Waals surface area (Å²) in [7, 11) is 0. The lowest BCUT2D eigenvalue weighted by atomic mass is 9.91. The molecule has 1 N–H and O–H groups in total. The second-order valence-corrected chi connectivity index (χ2v) is 9.82. The Kier molecular flexibility index (Phi) is 8.02. The molecule has 3 amide bonds. The van der Waals surface area contributed by atoms with E-state index in [2.05, 4.69) is 15.2 Å². The average Bonchev–Trinajstić information content (AvgIpc) is 3.17. The summed E-state index contributed by atoms with van der Waals surface area (Å²) in [5, 5.41) is 3.72. The van der Waals surface area contributed by atoms with Crippen molar-refractivity contribution in [2.45, 2.75) is 81.0 Å². The van der Waals surface area contributed by atoms with Crippen LogP contribution in [0.2, 0.25) is 0 Å². The van der Waals surface area contributed by atoms with Gasteiger partial charge in [0.05, 0.1) is 10.4 Å². The maximum atomic E-state index is 13.2. The van der Waals surface area contributed by atoms with E-state index in [-0.39, 0.29) is 18.0 Å². The van der Waals surface area contributed by atoms with Crippen molar-refractivity contribution >= 4 is 40.2 Å². The van der Waals surface area contributed by atoms with Gasteiger partial charge >= 0.3 is 6.03 Å². The van der Waals surface area contributed by atoms with Gasteiger partial charge in [0.1, 0.15) is 0 Å². The number of nitrogens with one attached hydrogen (secondary N) is 1. The number of thiazole rings is 1. The quantitative estimate of drug-likeness (QED) is 0.665. The van der Waals surface area contributed by atoms with E-state index < -0.39 is 0 Å². The first-order valence-corrected chi connectivity index (χ1v) is 12.5. The van der Waals surface area contributed by atoms with Crippen LogP contribution in [-0.4, -0.2) is 58.2 Å². The Hall–Kier alpha value is -1.28. The van der Waals surface area contributed by atoms with Crippen molar-refractivity contribution in [3.63, 3.8) is 0 Å². The summed E-state index contributed by atoms with van der Waals surface area (Å²) in [4.78, 5) is 33.8. The number of rotatable bonds is 6. The molecule has 2 heterocycles. The fourth-order valence-corrected chi connectivity index (χ4v) is 5.59. The van der Waals surface area contributed by atoms with E-state index >= 15 is 0 Å². The Morgan fingerprint density at radius 3 is 2.50 bits per heavy atom. The van der Waals surface area contributed by atoms with Crippen LogP contribution >= 0.6 is 23.1 Å². The minimum Gasteiger partial charge on any atom is -0.343 e. The van der Waals surface area contributed by atoms with E-state index in [4.69, 9.17) is 0 Å². The highest BCUT2D eigenvalue weighted by Crippen LogP contribution is 2.30. The molecule has 8 heteroatoms. The molecular weight excluding hydrogens is 392 g/mol. The third-order valence-electron chi connectivity index (χ3n) is 5.78. The maximum Gasteiger partial charge on any atom is 0.324 e. The van der Waals surface area contributed by atoms with Crippen molar-refractivity contribution in [3.05, 3.63) is 6.20 Å². The minimum absolute atomic E-state index is 0.0211. The van der Waals surface area contributed by atoms with Crippen molar-refractivity contribution in [2.75, 3.05) is 24.7 Å². The second-order valence-electron chi connectivity index (χ2n) is 7.68. The number of carbonyl (C=O) groups is 2. The first-order valence-electron chi connectivity index (χ1n) is 10.5. The molecule has 1 saturated carbocycles. The van der Waals surface area contributed by atoms with Crippen LogP contribution in [-0.2, 0) is 4.79 Å². The number of hydrogen-bond acceptors (Lipinski definition) is 5. The molecule has 1 aliphatic carbocycles. The Labute approximate surface area is 176 Å². The first-order chi connectivity index (χ1) is 13.6. The first kappa shape index (κ1) is 21.4. The fraction of sp³-hybridized carbons (Fsp3) is 0.750. The third-order valence-corrected chi connectivity index (χ3v) is 7.74. The lowest BCUT2D eigenvalue weighted by Crippen LogP contribution is -2.54. The molecule has 0 spiro atoms. The molecule has 0 unspecified atom stereocenters. The number of hydrogen-bond donors (Lipinski definition) is 1. The Balaban J connectivity index is 1.67. The van der Waals surface area contributed by atoms with Crippen molar-refractivity contribution in [3.8, 4) is 0 Å². The SMILES string of the molecule is CCCC(=O)N1CCC(N(C(=O)Nc2ncc(SC)s2)C2CCCCC2)CC1. The minimum atomic E-state index is -0.0211. The number of thioether (sulfide) groups is 1. The van der Waals surface area contributed by atoms with Gasteiger partial charge in [-0.25, -0.2) is 9.78 Å². The van der Waals surface area contributed by atoms with E-state index in [0.717, 1.165) is 49.4 Å². The van der Waals surface area contributed by atoms with Gasteiger partial charge in [-0.3, -0.25) is 10.1 Å². The van der Waals surface area contributed by atoms with Crippen LogP contribution in [0.3, 0.4) is 0 Å². The molecular formula is C20H32N4O2S2. The van der Waals surface area contributed by atoms with Crippen molar-refractivity contribution in [2.24, 2.45) is 0 Å². The number of urea groups is 1. The number of anilines is 1. The number of amides is 3. The van der Waals surface area contributed by atoms with Crippen molar-refractivity contribution in [1.82, 2.24) is 14.8 Å². The summed E-state index contributed by atoms with van der Waals surface area (Å²) in [6.45, 7) is 3.56. The second kappa shape index (κ2) is 10.5. The van der Waals surface area contributed by atoms with E-state index in [1.54, 1.807) is 11.8 Å². The Bertz CT molecular complexity index is 652. The van der Waals surface area contributed by atoms with Crippen LogP contribution < -0.4 is 5.32 Å². The molecule has 1 aromatic heterocycles. The van der Waals surface area contributed by atoms with Crippen LogP contribution in [0.4, 0.5) is 9.93 Å². The van der Waals surface area contributed by atoms with Crippen LogP contribution in [0, 0.1) is 0 Å². The number of likely N-dealkylation sites (tertiary alicyclic amines) is 1. The monoisotopic (exact) mass is 424 g/mol. The number of piperidine rings is 1. The molecule has 1 aromatic rings. The van der Waals surface area contributed by atoms with E-state index in [1.165, 1.54) is 30.6 Å². The summed E-state index contributed by atoms with van der Waals surface area (Å²) in [6.07, 6.45) is 12.9. The molecule has 2 fully saturated rings. The van der Waals surface area contributed by atoms with Crippen molar-refractivity contribution in [1.29, 1.82) is 0 Å². The highest BCUT2D eigenvalue weighted by Gasteiger charge is 2.34. The molecule has 6 nitrogen and oxygen atoms in total. The van der Waals surface area contributed by atoms with Crippen molar-refractivity contribution < 1.29 is 9.59 Å². The standard InChI is InChI=1S/C20H32N4O2S2/c1-3-7-17(25)23-12-10-16(11-13-23)24(15-8-5-4-6-9-15)20(26)22-19-21-14-18(27-2)28-19/h14-16H,3-13H2,1-2H3,(H,21,22,26). The summed E-state index contributed by atoms with van der Waals surface area (Å²) < 4.78 is 1.10. The van der Waals surface area contributed by atoms with Gasteiger partial charge in [-0.2, -0.15) is 0 Å². The molecule has 156 valence electrons. The van der Waals surface area contributed by atoms with Gasteiger partial charge in [0.15, 0.2) is 5.13 Å². The molecule has 1 aliphatic heterocycles. The molecule has 0 radical (unpaired) electrons. The molecule has 28 heavy (non-hydrogen) atoms. The smallest absolute Gasteiger partial charge is 0.324 e. The highest BCUT2D eigenvalue weighted by molar-refractivity contribution is 8.00. The van der Waals surface area contributed by atoms with Gasteiger partial charge in [-0.15, -0.1) is 11.8 Å². The summed E-state index contributed by atoms with van der Waals surface area (Å²) in [5.74, 6) is 0.252. The van der Waals surface area contributed by atoms with Gasteiger partial charge in [0, 0.05) is 31.6 Å². The number of carbonyl (C=O) groups excluding carboxylic acids is 2. The van der Waals surface area contributed by atoms with E-state index in [1.807, 2.05) is 24.3 Å². The molecule has 1 saturated heterocycles. The zero-order valence-corrected chi connectivity index (χ0v) is 18.6. The summed E-state index contributed by atoms with van der Waals surface area (Å²) in [5.41, 5.74) is 0. The molecule has 0 atom stereocenters. The normalized spacial score (nSPS) is 18.9.